The number of rotatable bonds is 11. The van der Waals surface area contributed by atoms with Gasteiger partial charge in [0.2, 0.25) is 0 Å². The van der Waals surface area contributed by atoms with Gasteiger partial charge < -0.3 is 33.8 Å². The number of anilines is 2. The molecule has 0 N–H and O–H groups in total. The Balaban J connectivity index is 1.13. The number of halogens is 1. The summed E-state index contributed by atoms with van der Waals surface area (Å²) < 4.78 is 17.8. The minimum Gasteiger partial charge on any atom is -0.461 e. The van der Waals surface area contributed by atoms with Crippen molar-refractivity contribution < 1.29 is 23.8 Å². The quantitative estimate of drug-likeness (QED) is 0.138. The van der Waals surface area contributed by atoms with Crippen molar-refractivity contribution in [3.63, 3.8) is 0 Å². The number of benzene rings is 3. The number of fused-ring (bicyclic) bond motifs is 2. The number of nitriles is 1. The van der Waals surface area contributed by atoms with Crippen LogP contribution in [0, 0.1) is 11.3 Å². The molecule has 0 bridgehead atoms. The summed E-state index contributed by atoms with van der Waals surface area (Å²) >= 11 is 6.77. The fraction of sp³-hybridized carbons (Fsp3) is 0.452. The zero-order chi connectivity index (χ0) is 39.2. The van der Waals surface area contributed by atoms with Crippen LogP contribution in [0.1, 0.15) is 36.1 Å². The van der Waals surface area contributed by atoms with Crippen LogP contribution in [0.3, 0.4) is 0 Å². The number of nitrogens with zero attached hydrogens (tertiary/aromatic N) is 7. The molecular weight excluding hydrogens is 746 g/mol. The van der Waals surface area contributed by atoms with Crippen LogP contribution in [-0.4, -0.2) is 98.0 Å². The number of aromatic nitrogens is 2. The lowest BCUT2D eigenvalue weighted by Crippen LogP contribution is -2.55. The summed E-state index contributed by atoms with van der Waals surface area (Å²) in [5, 5.41) is 12.6. The standard InChI is InChI=1S/C42H50ClN7O5Si/c1-56(2,3)25-24-53-41(51)49-20-9-14-33(49)29-54-40-45-36-27-47(37-16-8-13-31-12-7-15-35(43)38(31)37)21-18-34(36)39(46-40)48-22-23-50(32(26-48)17-19-44)42(52)55-28-30-10-5-4-6-11-30/h4-8,10-13,15-16,32-33H,9,14,17-18,20-29H2,1-3H3/t32-,33-/m0/s1. The lowest BCUT2D eigenvalue weighted by atomic mass is 10.0. The van der Waals surface area contributed by atoms with E-state index >= 15 is 0 Å². The molecule has 2 amide bonds. The van der Waals surface area contributed by atoms with Gasteiger partial charge in [0, 0.05) is 57.4 Å². The highest BCUT2D eigenvalue weighted by molar-refractivity contribution is 6.76. The second-order valence-corrected chi connectivity index (χ2v) is 22.0. The number of piperazine rings is 1. The van der Waals surface area contributed by atoms with Crippen LogP contribution in [0.25, 0.3) is 10.8 Å². The first kappa shape index (κ1) is 39.2. The van der Waals surface area contributed by atoms with E-state index in [1.54, 1.807) is 9.80 Å². The van der Waals surface area contributed by atoms with Crippen molar-refractivity contribution in [3.8, 4) is 12.1 Å². The highest BCUT2D eigenvalue weighted by Crippen LogP contribution is 2.37. The molecule has 4 heterocycles. The van der Waals surface area contributed by atoms with Crippen LogP contribution >= 0.6 is 11.6 Å². The Labute approximate surface area is 334 Å². The summed E-state index contributed by atoms with van der Waals surface area (Å²) in [5.74, 6) is 0.745. The summed E-state index contributed by atoms with van der Waals surface area (Å²) in [6.45, 7) is 10.7. The van der Waals surface area contributed by atoms with Gasteiger partial charge in [-0.15, -0.1) is 0 Å². The van der Waals surface area contributed by atoms with E-state index in [1.807, 2.05) is 48.5 Å². The van der Waals surface area contributed by atoms with Gasteiger partial charge >= 0.3 is 18.2 Å². The molecule has 0 radical (unpaired) electrons. The summed E-state index contributed by atoms with van der Waals surface area (Å²) in [6, 6.07) is 24.6. The minimum absolute atomic E-state index is 0.148. The number of amides is 2. The number of carbonyl (C=O) groups excluding carboxylic acids is 2. The molecule has 7 rings (SSSR count). The molecule has 0 aliphatic carbocycles. The van der Waals surface area contributed by atoms with Crippen LogP contribution in [0.2, 0.25) is 30.7 Å². The van der Waals surface area contributed by atoms with E-state index in [0.29, 0.717) is 50.8 Å². The molecule has 3 aromatic carbocycles. The third-order valence-corrected chi connectivity index (χ3v) is 12.9. The molecule has 56 heavy (non-hydrogen) atoms. The number of ether oxygens (including phenoxy) is 3. The Bertz CT molecular complexity index is 2070. The molecule has 14 heteroatoms. The summed E-state index contributed by atoms with van der Waals surface area (Å²) in [6.07, 6.45) is 1.76. The molecule has 12 nitrogen and oxygen atoms in total. The van der Waals surface area contributed by atoms with E-state index in [9.17, 15) is 14.9 Å². The van der Waals surface area contributed by atoms with Gasteiger partial charge in [0.05, 0.1) is 48.4 Å². The molecule has 2 fully saturated rings. The third kappa shape index (κ3) is 9.14. The zero-order valence-electron chi connectivity index (χ0n) is 32.5. The van der Waals surface area contributed by atoms with Crippen LogP contribution < -0.4 is 14.5 Å². The second kappa shape index (κ2) is 17.4. The molecule has 3 aliphatic heterocycles. The van der Waals surface area contributed by atoms with E-state index in [1.165, 1.54) is 0 Å². The predicted molar refractivity (Wildman–Crippen MR) is 220 cm³/mol. The summed E-state index contributed by atoms with van der Waals surface area (Å²) in [7, 11) is -1.34. The normalized spacial score (nSPS) is 18.4. The number of hydrogen-bond acceptors (Lipinski definition) is 10. The maximum Gasteiger partial charge on any atom is 0.410 e. The van der Waals surface area contributed by atoms with Crippen molar-refractivity contribution in [1.29, 1.82) is 5.26 Å². The molecule has 2 saturated heterocycles. The lowest BCUT2D eigenvalue weighted by Gasteiger charge is -2.42. The minimum atomic E-state index is -1.34. The van der Waals surface area contributed by atoms with Gasteiger partial charge in [0.1, 0.15) is 19.0 Å². The largest absolute Gasteiger partial charge is 0.461 e. The van der Waals surface area contributed by atoms with Crippen molar-refractivity contribution >= 4 is 54.1 Å². The highest BCUT2D eigenvalue weighted by atomic mass is 35.5. The average molecular weight is 796 g/mol. The van der Waals surface area contributed by atoms with Gasteiger partial charge in [-0.2, -0.15) is 15.2 Å². The Morgan fingerprint density at radius 2 is 1.66 bits per heavy atom. The molecule has 1 aromatic heterocycles. The van der Waals surface area contributed by atoms with Crippen LogP contribution in [-0.2, 0) is 29.0 Å². The van der Waals surface area contributed by atoms with Crippen LogP contribution in [0.4, 0.5) is 21.1 Å². The van der Waals surface area contributed by atoms with Crippen LogP contribution in [0.15, 0.2) is 66.7 Å². The Hall–Kier alpha value is -5.06. The van der Waals surface area contributed by atoms with Crippen LogP contribution in [0.5, 0.6) is 6.01 Å². The van der Waals surface area contributed by atoms with Gasteiger partial charge in [-0.3, -0.25) is 0 Å². The molecule has 0 spiro atoms. The number of likely N-dealkylation sites (tertiary alicyclic amines) is 1. The van der Waals surface area contributed by atoms with Crippen molar-refractivity contribution in [2.24, 2.45) is 0 Å². The molecule has 3 aliphatic rings. The molecule has 0 saturated carbocycles. The van der Waals surface area contributed by atoms with Crippen molar-refractivity contribution in [2.75, 3.05) is 55.7 Å². The van der Waals surface area contributed by atoms with Gasteiger partial charge in [-0.1, -0.05) is 85.8 Å². The average Bonchev–Trinajstić information content (AvgIpc) is 3.67. The topological polar surface area (TPSA) is 124 Å². The SMILES string of the molecule is C[Si](C)(C)CCOC(=O)N1CCC[C@H]1COc1nc2c(c(N3CCN(C(=O)OCc4ccccc4)[C@@H](CC#N)C3)n1)CCN(c1cccc3cccc(Cl)c13)C2. The summed E-state index contributed by atoms with van der Waals surface area (Å²) in [4.78, 5) is 44.4. The van der Waals surface area contributed by atoms with E-state index in [4.69, 9.17) is 35.8 Å². The molecule has 4 aromatic rings. The van der Waals surface area contributed by atoms with E-state index < -0.39 is 20.2 Å². The maximum atomic E-state index is 13.3. The second-order valence-electron chi connectivity index (χ2n) is 16.0. The first-order valence-electron chi connectivity index (χ1n) is 19.6. The van der Waals surface area contributed by atoms with Crippen molar-refractivity contribution in [2.45, 2.75) is 76.6 Å². The highest BCUT2D eigenvalue weighted by Gasteiger charge is 2.36. The van der Waals surface area contributed by atoms with Crippen molar-refractivity contribution in [3.05, 3.63) is 88.6 Å². The smallest absolute Gasteiger partial charge is 0.410 e. The lowest BCUT2D eigenvalue weighted by molar-refractivity contribution is 0.0767. The fourth-order valence-electron chi connectivity index (χ4n) is 7.78. The molecular formula is C42H50ClN7O5Si. The summed E-state index contributed by atoms with van der Waals surface area (Å²) in [5.41, 5.74) is 3.79. The Kier molecular flexibility index (Phi) is 12.2. The first-order valence-corrected chi connectivity index (χ1v) is 23.6. The van der Waals surface area contributed by atoms with E-state index in [-0.39, 0.29) is 37.8 Å². The van der Waals surface area contributed by atoms with E-state index in [0.717, 1.165) is 64.5 Å². The molecule has 2 atom stereocenters. The molecule has 0 unspecified atom stereocenters. The third-order valence-electron chi connectivity index (χ3n) is 10.8. The van der Waals surface area contributed by atoms with Crippen molar-refractivity contribution in [1.82, 2.24) is 19.8 Å². The van der Waals surface area contributed by atoms with Gasteiger partial charge in [-0.25, -0.2) is 9.59 Å². The maximum absolute atomic E-state index is 13.3. The van der Waals surface area contributed by atoms with Gasteiger partial charge in [0.15, 0.2) is 0 Å². The zero-order valence-corrected chi connectivity index (χ0v) is 34.2. The Morgan fingerprint density at radius 3 is 2.45 bits per heavy atom. The first-order chi connectivity index (χ1) is 27.1. The van der Waals surface area contributed by atoms with E-state index in [2.05, 4.69) is 53.7 Å². The monoisotopic (exact) mass is 795 g/mol. The molecule has 294 valence electrons. The van der Waals surface area contributed by atoms with Gasteiger partial charge in [0.25, 0.3) is 0 Å². The fourth-order valence-corrected chi connectivity index (χ4v) is 8.77. The van der Waals surface area contributed by atoms with Gasteiger partial charge in [-0.05, 0) is 48.4 Å². The number of hydrogen-bond donors (Lipinski definition) is 0. The Morgan fingerprint density at radius 1 is 0.893 bits per heavy atom. The number of carbonyl (C=O) groups is 2. The predicted octanol–water partition coefficient (Wildman–Crippen LogP) is 7.90.